The summed E-state index contributed by atoms with van der Waals surface area (Å²) < 4.78 is 5.75. The van der Waals surface area contributed by atoms with Crippen LogP contribution in [-0.2, 0) is 4.74 Å². The van der Waals surface area contributed by atoms with Crippen LogP contribution in [0.1, 0.15) is 19.8 Å². The van der Waals surface area contributed by atoms with Crippen molar-refractivity contribution in [2.75, 3.05) is 14.1 Å². The monoisotopic (exact) mass is 290 g/mol. The van der Waals surface area contributed by atoms with E-state index in [1.54, 1.807) is 0 Å². The van der Waals surface area contributed by atoms with Crippen LogP contribution in [0.25, 0.3) is 0 Å². The molecular formula is C12H22N2O4S. The lowest BCUT2D eigenvalue weighted by atomic mass is 9.93. The molecule has 19 heavy (non-hydrogen) atoms. The standard InChI is InChI=1S/C12H22N2O4S/c1-4-5-6(15)10-9(17)8(16)7-11(18-10)19-12(13-7)14(2)3/h6-11,15-17H,4-5H2,1-3H3/t6-,7?,8?,9?,10?,11?/m1/s1. The molecule has 0 aromatic rings. The van der Waals surface area contributed by atoms with Crippen LogP contribution < -0.4 is 0 Å². The van der Waals surface area contributed by atoms with Gasteiger partial charge in [-0.3, -0.25) is 4.99 Å². The fraction of sp³-hybridized carbons (Fsp3) is 0.917. The molecule has 1 fully saturated rings. The third kappa shape index (κ3) is 2.90. The molecular weight excluding hydrogens is 268 g/mol. The first-order valence-corrected chi connectivity index (χ1v) is 7.45. The van der Waals surface area contributed by atoms with Crippen LogP contribution in [0.5, 0.6) is 0 Å². The van der Waals surface area contributed by atoms with E-state index >= 15 is 0 Å². The normalized spacial score (nSPS) is 39.7. The van der Waals surface area contributed by atoms with E-state index in [1.807, 2.05) is 25.9 Å². The van der Waals surface area contributed by atoms with Crippen molar-refractivity contribution in [1.82, 2.24) is 4.90 Å². The Bertz CT molecular complexity index is 353. The van der Waals surface area contributed by atoms with Crippen LogP contribution in [0, 0.1) is 0 Å². The molecule has 3 N–H and O–H groups in total. The Morgan fingerprint density at radius 3 is 2.63 bits per heavy atom. The van der Waals surface area contributed by atoms with E-state index < -0.39 is 30.5 Å². The van der Waals surface area contributed by atoms with Gasteiger partial charge in [0.15, 0.2) is 5.17 Å². The zero-order valence-electron chi connectivity index (χ0n) is 11.4. The molecule has 0 spiro atoms. The van der Waals surface area contributed by atoms with Gasteiger partial charge in [-0.05, 0) is 6.42 Å². The number of thioether (sulfide) groups is 1. The van der Waals surface area contributed by atoms with Crippen molar-refractivity contribution in [3.8, 4) is 0 Å². The maximum atomic E-state index is 10.2. The SMILES string of the molecule is CCC[C@@H](O)C1OC2SC(N(C)C)=NC2C(O)C1O. The first-order chi connectivity index (χ1) is 8.95. The van der Waals surface area contributed by atoms with E-state index in [2.05, 4.69) is 4.99 Å². The van der Waals surface area contributed by atoms with Crippen molar-refractivity contribution in [3.63, 3.8) is 0 Å². The summed E-state index contributed by atoms with van der Waals surface area (Å²) in [5.74, 6) is 0. The van der Waals surface area contributed by atoms with E-state index in [-0.39, 0.29) is 5.44 Å². The molecule has 5 unspecified atom stereocenters. The maximum absolute atomic E-state index is 10.2. The fourth-order valence-corrected chi connectivity index (χ4v) is 3.52. The third-order valence-corrected chi connectivity index (χ3v) is 4.74. The Morgan fingerprint density at radius 1 is 1.37 bits per heavy atom. The fourth-order valence-electron chi connectivity index (χ4n) is 2.37. The molecule has 0 radical (unpaired) electrons. The lowest BCUT2D eigenvalue weighted by Gasteiger charge is -2.40. The lowest BCUT2D eigenvalue weighted by Crippen LogP contribution is -2.58. The molecule has 2 aliphatic rings. The average Bonchev–Trinajstić information content (AvgIpc) is 2.78. The zero-order chi connectivity index (χ0) is 14.2. The second kappa shape index (κ2) is 5.97. The van der Waals surface area contributed by atoms with Crippen molar-refractivity contribution in [2.45, 2.75) is 55.7 Å². The number of aliphatic imine (C=N–C) groups is 1. The second-order valence-electron chi connectivity index (χ2n) is 5.22. The molecule has 2 rings (SSSR count). The van der Waals surface area contributed by atoms with Gasteiger partial charge in [-0.25, -0.2) is 0 Å². The third-order valence-electron chi connectivity index (χ3n) is 3.43. The van der Waals surface area contributed by atoms with Crippen LogP contribution in [0.4, 0.5) is 0 Å². The predicted molar refractivity (Wildman–Crippen MR) is 74.1 cm³/mol. The number of aliphatic hydroxyl groups excluding tert-OH is 3. The summed E-state index contributed by atoms with van der Waals surface area (Å²) in [6, 6.07) is -0.470. The summed E-state index contributed by atoms with van der Waals surface area (Å²) in [4.78, 5) is 6.22. The first-order valence-electron chi connectivity index (χ1n) is 6.57. The molecule has 0 aliphatic carbocycles. The largest absolute Gasteiger partial charge is 0.390 e. The maximum Gasteiger partial charge on any atom is 0.161 e. The minimum atomic E-state index is -1.10. The first kappa shape index (κ1) is 15.1. The van der Waals surface area contributed by atoms with Crippen LogP contribution in [0.3, 0.4) is 0 Å². The highest BCUT2D eigenvalue weighted by Crippen LogP contribution is 2.38. The highest BCUT2D eigenvalue weighted by atomic mass is 32.2. The highest BCUT2D eigenvalue weighted by molar-refractivity contribution is 8.14. The van der Waals surface area contributed by atoms with Gasteiger partial charge in [0.2, 0.25) is 0 Å². The molecule has 1 saturated heterocycles. The Balaban J connectivity index is 2.10. The molecule has 0 bridgehead atoms. The van der Waals surface area contributed by atoms with E-state index in [0.29, 0.717) is 6.42 Å². The van der Waals surface area contributed by atoms with Gasteiger partial charge in [0, 0.05) is 14.1 Å². The number of rotatable bonds is 3. The van der Waals surface area contributed by atoms with Gasteiger partial charge in [-0.1, -0.05) is 25.1 Å². The molecule has 6 atom stereocenters. The molecule has 0 aromatic carbocycles. The smallest absolute Gasteiger partial charge is 0.161 e. The van der Waals surface area contributed by atoms with E-state index in [0.717, 1.165) is 11.6 Å². The molecule has 0 saturated carbocycles. The molecule has 2 heterocycles. The number of aliphatic hydroxyl groups is 3. The predicted octanol–water partition coefficient (Wildman–Crippen LogP) is -0.373. The minimum Gasteiger partial charge on any atom is -0.390 e. The molecule has 6 nitrogen and oxygen atoms in total. The van der Waals surface area contributed by atoms with Crippen LogP contribution >= 0.6 is 11.8 Å². The van der Waals surface area contributed by atoms with Crippen LogP contribution in [0.15, 0.2) is 4.99 Å². The molecule has 2 aliphatic heterocycles. The minimum absolute atomic E-state index is 0.340. The van der Waals surface area contributed by atoms with E-state index in [1.165, 1.54) is 11.8 Å². The average molecular weight is 290 g/mol. The Labute approximate surface area is 117 Å². The highest BCUT2D eigenvalue weighted by Gasteiger charge is 2.50. The van der Waals surface area contributed by atoms with Gasteiger partial charge < -0.3 is 25.0 Å². The number of nitrogens with zero attached hydrogens (tertiary/aromatic N) is 2. The Kier molecular flexibility index (Phi) is 4.73. The topological polar surface area (TPSA) is 85.5 Å². The number of fused-ring (bicyclic) bond motifs is 1. The summed E-state index contributed by atoms with van der Waals surface area (Å²) in [6.07, 6.45) is -2.28. The van der Waals surface area contributed by atoms with Gasteiger partial charge in [0.1, 0.15) is 29.8 Å². The molecule has 0 aromatic heterocycles. The lowest BCUT2D eigenvalue weighted by molar-refractivity contribution is -0.185. The Hall–Kier alpha value is -0.340. The summed E-state index contributed by atoms with van der Waals surface area (Å²) >= 11 is 1.42. The Morgan fingerprint density at radius 2 is 2.05 bits per heavy atom. The molecule has 7 heteroatoms. The van der Waals surface area contributed by atoms with Crippen molar-refractivity contribution in [2.24, 2.45) is 4.99 Å². The van der Waals surface area contributed by atoms with Crippen molar-refractivity contribution >= 4 is 16.9 Å². The quantitative estimate of drug-likeness (QED) is 0.657. The number of ether oxygens (including phenoxy) is 1. The molecule has 0 amide bonds. The summed E-state index contributed by atoms with van der Waals surface area (Å²) in [6.45, 7) is 1.95. The second-order valence-corrected chi connectivity index (χ2v) is 6.29. The van der Waals surface area contributed by atoms with Gasteiger partial charge in [-0.15, -0.1) is 0 Å². The zero-order valence-corrected chi connectivity index (χ0v) is 12.2. The van der Waals surface area contributed by atoms with Crippen molar-refractivity contribution in [1.29, 1.82) is 0 Å². The van der Waals surface area contributed by atoms with Crippen LogP contribution in [-0.4, -0.2) is 75.4 Å². The van der Waals surface area contributed by atoms with E-state index in [4.69, 9.17) is 4.74 Å². The van der Waals surface area contributed by atoms with Crippen molar-refractivity contribution in [3.05, 3.63) is 0 Å². The summed E-state index contributed by atoms with van der Waals surface area (Å²) in [5.41, 5.74) is -0.340. The van der Waals surface area contributed by atoms with Gasteiger partial charge >= 0.3 is 0 Å². The summed E-state index contributed by atoms with van der Waals surface area (Å²) in [7, 11) is 3.74. The van der Waals surface area contributed by atoms with E-state index in [9.17, 15) is 15.3 Å². The van der Waals surface area contributed by atoms with Gasteiger partial charge in [0.05, 0.1) is 6.10 Å². The van der Waals surface area contributed by atoms with Gasteiger partial charge in [0.25, 0.3) is 0 Å². The number of hydrogen-bond donors (Lipinski definition) is 3. The summed E-state index contributed by atoms with van der Waals surface area (Å²) in [5, 5.41) is 31.0. The molecule has 110 valence electrons. The van der Waals surface area contributed by atoms with Gasteiger partial charge in [-0.2, -0.15) is 0 Å². The van der Waals surface area contributed by atoms with Crippen LogP contribution in [0.2, 0.25) is 0 Å². The number of hydrogen-bond acceptors (Lipinski definition) is 7. The van der Waals surface area contributed by atoms with Crippen molar-refractivity contribution < 1.29 is 20.1 Å². The number of amidine groups is 1.